The van der Waals surface area contributed by atoms with Crippen LogP contribution in [0.4, 0.5) is 5.69 Å². The summed E-state index contributed by atoms with van der Waals surface area (Å²) >= 11 is 0. The van der Waals surface area contributed by atoms with Gasteiger partial charge >= 0.3 is 5.97 Å². The molecule has 0 saturated carbocycles. The summed E-state index contributed by atoms with van der Waals surface area (Å²) in [5, 5.41) is 21.5. The second kappa shape index (κ2) is 5.42. The molecule has 23 heavy (non-hydrogen) atoms. The van der Waals surface area contributed by atoms with E-state index in [0.29, 0.717) is 22.5 Å². The minimum Gasteiger partial charge on any atom is -0.507 e. The van der Waals surface area contributed by atoms with E-state index in [4.69, 9.17) is 5.11 Å². The summed E-state index contributed by atoms with van der Waals surface area (Å²) in [6.45, 7) is 0. The maximum atomic E-state index is 11.9. The first-order valence-corrected chi connectivity index (χ1v) is 6.70. The summed E-state index contributed by atoms with van der Waals surface area (Å²) < 4.78 is 0. The van der Waals surface area contributed by atoms with Crippen molar-refractivity contribution >= 4 is 28.9 Å². The van der Waals surface area contributed by atoms with Crippen molar-refractivity contribution < 1.29 is 24.6 Å². The van der Waals surface area contributed by atoms with Crippen LogP contribution in [0.25, 0.3) is 5.70 Å². The minimum absolute atomic E-state index is 0.262. The smallest absolute Gasteiger partial charge is 0.339 e. The number of carboxylic acid groups (broad SMARTS) is 1. The summed E-state index contributed by atoms with van der Waals surface area (Å²) in [6, 6.07) is 10.6. The summed E-state index contributed by atoms with van der Waals surface area (Å²) in [6.07, 6.45) is 1.18. The van der Waals surface area contributed by atoms with Gasteiger partial charge in [-0.25, -0.2) is 4.79 Å². The molecular weight excluding hydrogens is 298 g/mol. The highest BCUT2D eigenvalue weighted by Gasteiger charge is 2.25. The Labute approximate surface area is 130 Å². The average molecular weight is 309 g/mol. The van der Waals surface area contributed by atoms with Crippen molar-refractivity contribution in [2.45, 2.75) is 0 Å². The molecule has 6 nitrogen and oxygen atoms in total. The summed E-state index contributed by atoms with van der Waals surface area (Å²) in [7, 11) is 0. The number of carbonyl (C=O) groups is 3. The summed E-state index contributed by atoms with van der Waals surface area (Å²) in [5.74, 6) is -2.85. The number of allylic oxidation sites excluding steroid dienone is 1. The molecule has 0 amide bonds. The van der Waals surface area contributed by atoms with Gasteiger partial charge in [0.2, 0.25) is 11.6 Å². The zero-order valence-corrected chi connectivity index (χ0v) is 11.7. The normalized spacial score (nSPS) is 13.3. The number of benzene rings is 2. The van der Waals surface area contributed by atoms with E-state index in [-0.39, 0.29) is 11.3 Å². The molecule has 114 valence electrons. The van der Waals surface area contributed by atoms with E-state index in [1.807, 2.05) is 0 Å². The van der Waals surface area contributed by atoms with E-state index >= 15 is 0 Å². The first-order valence-electron chi connectivity index (χ1n) is 6.70. The lowest BCUT2D eigenvalue weighted by Gasteiger charge is -2.18. The highest BCUT2D eigenvalue weighted by Crippen LogP contribution is 2.28. The molecule has 3 N–H and O–H groups in total. The number of anilines is 1. The van der Waals surface area contributed by atoms with Crippen molar-refractivity contribution in [3.63, 3.8) is 0 Å². The van der Waals surface area contributed by atoms with Gasteiger partial charge in [-0.15, -0.1) is 0 Å². The van der Waals surface area contributed by atoms with Crippen molar-refractivity contribution in [3.05, 3.63) is 65.2 Å². The highest BCUT2D eigenvalue weighted by molar-refractivity contribution is 6.50. The van der Waals surface area contributed by atoms with E-state index in [0.717, 1.165) is 0 Å². The van der Waals surface area contributed by atoms with Crippen LogP contribution in [0.2, 0.25) is 0 Å². The van der Waals surface area contributed by atoms with Gasteiger partial charge in [0, 0.05) is 22.9 Å². The van der Waals surface area contributed by atoms with Crippen LogP contribution >= 0.6 is 0 Å². The first kappa shape index (κ1) is 14.5. The molecule has 0 heterocycles. The number of carboxylic acids is 1. The van der Waals surface area contributed by atoms with Gasteiger partial charge < -0.3 is 15.5 Å². The monoisotopic (exact) mass is 309 g/mol. The molecule has 0 fully saturated rings. The molecule has 0 spiro atoms. The van der Waals surface area contributed by atoms with Crippen LogP contribution in [0.15, 0.2) is 48.5 Å². The van der Waals surface area contributed by atoms with Crippen LogP contribution in [-0.2, 0) is 4.79 Å². The second-order valence-corrected chi connectivity index (χ2v) is 4.96. The summed E-state index contributed by atoms with van der Waals surface area (Å²) in [5.41, 5.74) is 1.36. The second-order valence-electron chi connectivity index (χ2n) is 4.96. The third-order valence-corrected chi connectivity index (χ3v) is 3.47. The van der Waals surface area contributed by atoms with E-state index in [1.54, 1.807) is 24.3 Å². The van der Waals surface area contributed by atoms with Crippen LogP contribution in [0.5, 0.6) is 5.75 Å². The fourth-order valence-corrected chi connectivity index (χ4v) is 2.37. The molecule has 0 atom stereocenters. The lowest BCUT2D eigenvalue weighted by atomic mass is 9.92. The van der Waals surface area contributed by atoms with Crippen molar-refractivity contribution in [2.24, 2.45) is 0 Å². The van der Waals surface area contributed by atoms with Gasteiger partial charge in [-0.2, -0.15) is 0 Å². The van der Waals surface area contributed by atoms with Gasteiger partial charge in [0.15, 0.2) is 0 Å². The molecule has 0 bridgehead atoms. The molecule has 2 aromatic rings. The third-order valence-electron chi connectivity index (χ3n) is 3.47. The van der Waals surface area contributed by atoms with Gasteiger partial charge in [-0.3, -0.25) is 9.59 Å². The largest absolute Gasteiger partial charge is 0.507 e. The Kier molecular flexibility index (Phi) is 3.42. The predicted molar refractivity (Wildman–Crippen MR) is 82.4 cm³/mol. The van der Waals surface area contributed by atoms with Gasteiger partial charge in [0.25, 0.3) is 0 Å². The number of nitrogens with one attached hydrogen (secondary N) is 1. The molecule has 0 aliphatic heterocycles. The van der Waals surface area contributed by atoms with Crippen molar-refractivity contribution in [1.82, 2.24) is 0 Å². The maximum absolute atomic E-state index is 11.9. The number of aromatic hydroxyl groups is 1. The Hall–Kier alpha value is -3.41. The molecule has 0 unspecified atom stereocenters. The number of rotatable bonds is 3. The van der Waals surface area contributed by atoms with Gasteiger partial charge in [0.05, 0.1) is 5.70 Å². The zero-order chi connectivity index (χ0) is 16.6. The molecule has 3 rings (SSSR count). The Morgan fingerprint density at radius 2 is 1.70 bits per heavy atom. The third kappa shape index (κ3) is 2.57. The van der Waals surface area contributed by atoms with Crippen LogP contribution in [0.1, 0.15) is 26.3 Å². The molecule has 1 aliphatic rings. The molecule has 0 saturated heterocycles. The topological polar surface area (TPSA) is 104 Å². The SMILES string of the molecule is O=C1C=C(Nc2ccc(O)c(C(=O)O)c2)c2ccccc2C1=O. The molecular formula is C17H11NO5. The number of aromatic carboxylic acids is 1. The molecule has 6 heteroatoms. The number of phenols is 1. The minimum atomic E-state index is -1.27. The van der Waals surface area contributed by atoms with E-state index in [1.165, 1.54) is 24.3 Å². The average Bonchev–Trinajstić information content (AvgIpc) is 2.54. The van der Waals surface area contributed by atoms with Crippen molar-refractivity contribution in [3.8, 4) is 5.75 Å². The first-order chi connectivity index (χ1) is 11.0. The Morgan fingerprint density at radius 3 is 2.39 bits per heavy atom. The lowest BCUT2D eigenvalue weighted by molar-refractivity contribution is -0.111. The number of hydrogen-bond donors (Lipinski definition) is 3. The fourth-order valence-electron chi connectivity index (χ4n) is 2.37. The molecule has 2 aromatic carbocycles. The van der Waals surface area contributed by atoms with Gasteiger partial charge in [-0.05, 0) is 18.2 Å². The zero-order valence-electron chi connectivity index (χ0n) is 11.7. The maximum Gasteiger partial charge on any atom is 0.339 e. The number of Topliss-reactive ketones (excluding diaryl/α,β-unsaturated/α-hetero) is 1. The van der Waals surface area contributed by atoms with E-state index in [9.17, 15) is 19.5 Å². The van der Waals surface area contributed by atoms with Crippen molar-refractivity contribution in [1.29, 1.82) is 0 Å². The standard InChI is InChI=1S/C17H11NO5/c19-14-6-5-9(7-12(14)17(22)23)18-13-8-15(20)16(21)11-4-2-1-3-10(11)13/h1-8,18-19H,(H,22,23). The van der Waals surface area contributed by atoms with Gasteiger partial charge in [-0.1, -0.05) is 24.3 Å². The number of ketones is 2. The number of hydrogen-bond acceptors (Lipinski definition) is 5. The van der Waals surface area contributed by atoms with Crippen LogP contribution < -0.4 is 5.32 Å². The number of carbonyl (C=O) groups excluding carboxylic acids is 2. The Balaban J connectivity index is 2.02. The molecule has 0 radical (unpaired) electrons. The van der Waals surface area contributed by atoms with Crippen LogP contribution in [-0.4, -0.2) is 27.7 Å². The predicted octanol–water partition coefficient (Wildman–Crippen LogP) is 2.31. The number of fused-ring (bicyclic) bond motifs is 1. The summed E-state index contributed by atoms with van der Waals surface area (Å²) in [4.78, 5) is 34.7. The van der Waals surface area contributed by atoms with Gasteiger partial charge in [0.1, 0.15) is 11.3 Å². The van der Waals surface area contributed by atoms with E-state index < -0.39 is 17.5 Å². The Morgan fingerprint density at radius 1 is 1.00 bits per heavy atom. The fraction of sp³-hybridized carbons (Fsp3) is 0. The Bertz CT molecular complexity index is 882. The molecule has 0 aromatic heterocycles. The molecule has 1 aliphatic carbocycles. The van der Waals surface area contributed by atoms with Crippen LogP contribution in [0.3, 0.4) is 0 Å². The van der Waals surface area contributed by atoms with Crippen LogP contribution in [0, 0.1) is 0 Å². The highest BCUT2D eigenvalue weighted by atomic mass is 16.4. The quantitative estimate of drug-likeness (QED) is 0.594. The van der Waals surface area contributed by atoms with E-state index in [2.05, 4.69) is 5.32 Å². The lowest BCUT2D eigenvalue weighted by Crippen LogP contribution is -2.20. The van der Waals surface area contributed by atoms with Crippen molar-refractivity contribution in [2.75, 3.05) is 5.32 Å².